The molecule has 5 heteroatoms. The van der Waals surface area contributed by atoms with Gasteiger partial charge in [0.05, 0.1) is 17.9 Å². The average molecular weight is 285 g/mol. The predicted octanol–water partition coefficient (Wildman–Crippen LogP) is 2.78. The molecule has 2 aromatic rings. The van der Waals surface area contributed by atoms with Crippen molar-refractivity contribution in [2.24, 2.45) is 17.8 Å². The molecule has 1 aromatic heterocycles. The van der Waals surface area contributed by atoms with Gasteiger partial charge in [0.1, 0.15) is 0 Å². The lowest BCUT2D eigenvalue weighted by molar-refractivity contribution is 0.706. The lowest BCUT2D eigenvalue weighted by atomic mass is 10.0. The van der Waals surface area contributed by atoms with E-state index in [0.29, 0.717) is 18.4 Å². The molecule has 0 bridgehead atoms. The van der Waals surface area contributed by atoms with E-state index in [9.17, 15) is 0 Å². The van der Waals surface area contributed by atoms with Gasteiger partial charge >= 0.3 is 0 Å². The summed E-state index contributed by atoms with van der Waals surface area (Å²) >= 11 is 0. The molecule has 5 nitrogen and oxygen atoms in total. The maximum Gasteiger partial charge on any atom is 0.193 e. The third-order valence-corrected chi connectivity index (χ3v) is 3.34. The van der Waals surface area contributed by atoms with Crippen molar-refractivity contribution >= 4 is 11.6 Å². The number of nitrogens with two attached hydrogens (primary N) is 1. The van der Waals surface area contributed by atoms with Gasteiger partial charge in [0, 0.05) is 12.7 Å². The molecule has 0 spiro atoms. The van der Waals surface area contributed by atoms with E-state index in [-0.39, 0.29) is 0 Å². The van der Waals surface area contributed by atoms with Crippen LogP contribution in [0.5, 0.6) is 0 Å². The Morgan fingerprint density at radius 2 is 2.14 bits per heavy atom. The molecule has 0 fully saturated rings. The normalized spacial score (nSPS) is 12.0. The number of nitrogens with one attached hydrogen (secondary N) is 1. The third-order valence-electron chi connectivity index (χ3n) is 3.34. The number of anilines is 1. The van der Waals surface area contributed by atoms with Crippen molar-refractivity contribution in [3.8, 4) is 0 Å². The Kier molecular flexibility index (Phi) is 4.62. The SMILES string of the molecule is Cc1cc(CN=C(N)Nc2cccc(C(C)C)c2)n(C)n1. The Morgan fingerprint density at radius 1 is 1.38 bits per heavy atom. The highest BCUT2D eigenvalue weighted by Gasteiger charge is 2.03. The van der Waals surface area contributed by atoms with Crippen molar-refractivity contribution in [1.82, 2.24) is 9.78 Å². The summed E-state index contributed by atoms with van der Waals surface area (Å²) in [6.07, 6.45) is 0. The van der Waals surface area contributed by atoms with Crippen LogP contribution in [0, 0.1) is 6.92 Å². The quantitative estimate of drug-likeness (QED) is 0.670. The molecule has 0 aliphatic heterocycles. The number of guanidine groups is 1. The summed E-state index contributed by atoms with van der Waals surface area (Å²) < 4.78 is 1.82. The minimum Gasteiger partial charge on any atom is -0.370 e. The van der Waals surface area contributed by atoms with Crippen LogP contribution in [0.15, 0.2) is 35.3 Å². The van der Waals surface area contributed by atoms with E-state index in [4.69, 9.17) is 5.73 Å². The molecule has 0 radical (unpaired) electrons. The van der Waals surface area contributed by atoms with E-state index in [1.54, 1.807) is 0 Å². The monoisotopic (exact) mass is 285 g/mol. The number of hydrogen-bond donors (Lipinski definition) is 2. The summed E-state index contributed by atoms with van der Waals surface area (Å²) in [5.74, 6) is 0.900. The minimum absolute atomic E-state index is 0.412. The lowest BCUT2D eigenvalue weighted by Gasteiger charge is -2.10. The predicted molar refractivity (Wildman–Crippen MR) is 87.4 cm³/mol. The molecule has 1 aromatic carbocycles. The van der Waals surface area contributed by atoms with Crippen LogP contribution < -0.4 is 11.1 Å². The lowest BCUT2D eigenvalue weighted by Crippen LogP contribution is -2.22. The van der Waals surface area contributed by atoms with E-state index in [1.165, 1.54) is 5.56 Å². The topological polar surface area (TPSA) is 68.2 Å². The summed E-state index contributed by atoms with van der Waals surface area (Å²) in [5.41, 5.74) is 10.2. The van der Waals surface area contributed by atoms with Crippen molar-refractivity contribution in [2.45, 2.75) is 33.2 Å². The van der Waals surface area contributed by atoms with Gasteiger partial charge in [0.25, 0.3) is 0 Å². The van der Waals surface area contributed by atoms with E-state index in [2.05, 4.69) is 41.4 Å². The first-order valence-corrected chi connectivity index (χ1v) is 7.12. The molecule has 1 heterocycles. The Morgan fingerprint density at radius 3 is 2.76 bits per heavy atom. The van der Waals surface area contributed by atoms with Crippen LogP contribution in [0.1, 0.15) is 36.7 Å². The molecule has 112 valence electrons. The van der Waals surface area contributed by atoms with Crippen molar-refractivity contribution in [3.63, 3.8) is 0 Å². The molecule has 2 rings (SSSR count). The first-order valence-electron chi connectivity index (χ1n) is 7.12. The van der Waals surface area contributed by atoms with Crippen LogP contribution in [0.25, 0.3) is 0 Å². The number of aryl methyl sites for hydroxylation is 2. The van der Waals surface area contributed by atoms with E-state index in [0.717, 1.165) is 17.1 Å². The summed E-state index contributed by atoms with van der Waals surface area (Å²) in [7, 11) is 1.91. The highest BCUT2D eigenvalue weighted by molar-refractivity contribution is 5.92. The first kappa shape index (κ1) is 15.1. The van der Waals surface area contributed by atoms with Crippen LogP contribution in [-0.2, 0) is 13.6 Å². The molecule has 0 saturated heterocycles. The van der Waals surface area contributed by atoms with Crippen LogP contribution >= 0.6 is 0 Å². The highest BCUT2D eigenvalue weighted by atomic mass is 15.3. The largest absolute Gasteiger partial charge is 0.370 e. The molecular formula is C16H23N5. The van der Waals surface area contributed by atoms with Gasteiger partial charge in [-0.15, -0.1) is 0 Å². The molecule has 0 saturated carbocycles. The van der Waals surface area contributed by atoms with Crippen LogP contribution in [0.3, 0.4) is 0 Å². The summed E-state index contributed by atoms with van der Waals surface area (Å²) in [6.45, 7) is 6.81. The number of aromatic nitrogens is 2. The Hall–Kier alpha value is -2.30. The average Bonchev–Trinajstić information content (AvgIpc) is 2.75. The van der Waals surface area contributed by atoms with Gasteiger partial charge in [-0.3, -0.25) is 4.68 Å². The number of nitrogens with zero attached hydrogens (tertiary/aromatic N) is 3. The second-order valence-electron chi connectivity index (χ2n) is 5.51. The van der Waals surface area contributed by atoms with E-state index < -0.39 is 0 Å². The zero-order valence-corrected chi connectivity index (χ0v) is 13.1. The molecule has 0 unspecified atom stereocenters. The second-order valence-corrected chi connectivity index (χ2v) is 5.51. The van der Waals surface area contributed by atoms with Crippen molar-refractivity contribution in [2.75, 3.05) is 5.32 Å². The smallest absolute Gasteiger partial charge is 0.193 e. The van der Waals surface area contributed by atoms with E-state index >= 15 is 0 Å². The molecule has 0 aliphatic rings. The van der Waals surface area contributed by atoms with Crippen LogP contribution in [-0.4, -0.2) is 15.7 Å². The standard InChI is InChI=1S/C16H23N5/c1-11(2)13-6-5-7-14(9-13)19-16(17)18-10-15-8-12(3)20-21(15)4/h5-9,11H,10H2,1-4H3,(H3,17,18,19). The molecule has 0 atom stereocenters. The fourth-order valence-electron chi connectivity index (χ4n) is 2.14. The zero-order valence-electron chi connectivity index (χ0n) is 13.1. The molecular weight excluding hydrogens is 262 g/mol. The zero-order chi connectivity index (χ0) is 15.4. The number of benzene rings is 1. The maximum absolute atomic E-state index is 5.95. The molecule has 3 N–H and O–H groups in total. The minimum atomic E-state index is 0.412. The van der Waals surface area contributed by atoms with Crippen LogP contribution in [0.2, 0.25) is 0 Å². The van der Waals surface area contributed by atoms with Gasteiger partial charge in [-0.2, -0.15) is 5.10 Å². The Labute approximate surface area is 125 Å². The van der Waals surface area contributed by atoms with Crippen molar-refractivity contribution in [3.05, 3.63) is 47.3 Å². The van der Waals surface area contributed by atoms with Gasteiger partial charge < -0.3 is 11.1 Å². The fraction of sp³-hybridized carbons (Fsp3) is 0.375. The molecule has 0 amide bonds. The first-order chi connectivity index (χ1) is 9.95. The number of rotatable bonds is 4. The van der Waals surface area contributed by atoms with Crippen molar-refractivity contribution < 1.29 is 0 Å². The van der Waals surface area contributed by atoms with E-state index in [1.807, 2.05) is 36.9 Å². The molecule has 21 heavy (non-hydrogen) atoms. The Bertz CT molecular complexity index is 640. The van der Waals surface area contributed by atoms with Gasteiger partial charge in [-0.1, -0.05) is 26.0 Å². The van der Waals surface area contributed by atoms with Crippen molar-refractivity contribution in [1.29, 1.82) is 0 Å². The Balaban J connectivity index is 2.03. The summed E-state index contributed by atoms with van der Waals surface area (Å²) in [6, 6.07) is 10.2. The van der Waals surface area contributed by atoms with Gasteiger partial charge in [-0.05, 0) is 36.6 Å². The van der Waals surface area contributed by atoms with Gasteiger partial charge in [0.2, 0.25) is 0 Å². The summed E-state index contributed by atoms with van der Waals surface area (Å²) in [4.78, 5) is 4.36. The van der Waals surface area contributed by atoms with Gasteiger partial charge in [0.15, 0.2) is 5.96 Å². The fourth-order valence-corrected chi connectivity index (χ4v) is 2.14. The second kappa shape index (κ2) is 6.43. The molecule has 0 aliphatic carbocycles. The number of hydrogen-bond acceptors (Lipinski definition) is 2. The third kappa shape index (κ3) is 4.08. The van der Waals surface area contributed by atoms with Gasteiger partial charge in [-0.25, -0.2) is 4.99 Å². The summed E-state index contributed by atoms with van der Waals surface area (Å²) in [5, 5.41) is 7.42. The van der Waals surface area contributed by atoms with Crippen LogP contribution in [0.4, 0.5) is 5.69 Å². The highest BCUT2D eigenvalue weighted by Crippen LogP contribution is 2.18. The number of aliphatic imine (C=N–C) groups is 1. The maximum atomic E-state index is 5.95.